The molecule has 0 aliphatic heterocycles. The Morgan fingerprint density at radius 2 is 1.83 bits per heavy atom. The van der Waals surface area contributed by atoms with E-state index in [1.807, 2.05) is 0 Å². The Morgan fingerprint density at radius 1 is 1.19 bits per heavy atom. The number of likely N-dealkylation sites (N-methyl/N-ethyl adjacent to an activating group) is 1. The quantitative estimate of drug-likeness (QED) is 0.226. The Morgan fingerprint density at radius 3 is 2.36 bits per heavy atom. The molecule has 4 rings (SSSR count). The average Bonchev–Trinajstić information content (AvgIpc) is 2.90. The van der Waals surface area contributed by atoms with Crippen molar-refractivity contribution in [1.82, 2.24) is 9.80 Å². The predicted molar refractivity (Wildman–Crippen MR) is 151 cm³/mol. The number of phenolic OH excluding ortho intramolecular Hbond substituents is 1. The molecule has 13 nitrogen and oxygen atoms in total. The van der Waals surface area contributed by atoms with Gasteiger partial charge in [0.2, 0.25) is 5.78 Å². The Balaban J connectivity index is 1.94. The van der Waals surface area contributed by atoms with Gasteiger partial charge in [0, 0.05) is 43.4 Å². The SMILES string of the molecule is C=CCN(Cc1cc(N(C)C)c2c(c1O)C(=O)C1=C(O)[C@]3(O)C(=O)C(C(N)=O)=C(O)[C@@H](N(C)C)[C@@H]3C[C@@H]1C2)C(=O)OC. The number of amides is 2. The molecule has 0 bridgehead atoms. The molecule has 1 aromatic rings. The number of ether oxygens (including phenoxy) is 1. The molecule has 226 valence electrons. The molecule has 1 aromatic carbocycles. The van der Waals surface area contributed by atoms with Gasteiger partial charge in [-0.15, -0.1) is 6.58 Å². The molecule has 6 N–H and O–H groups in total. The van der Waals surface area contributed by atoms with E-state index in [1.54, 1.807) is 39.2 Å². The van der Waals surface area contributed by atoms with E-state index in [2.05, 4.69) is 6.58 Å². The number of aromatic hydroxyl groups is 1. The third kappa shape index (κ3) is 4.40. The van der Waals surface area contributed by atoms with Gasteiger partial charge in [-0.2, -0.15) is 0 Å². The molecule has 4 atom stereocenters. The summed E-state index contributed by atoms with van der Waals surface area (Å²) in [5.41, 5.74) is 2.66. The van der Waals surface area contributed by atoms with Gasteiger partial charge in [0.25, 0.3) is 5.91 Å². The summed E-state index contributed by atoms with van der Waals surface area (Å²) in [6.45, 7) is 3.59. The maximum absolute atomic E-state index is 14.1. The molecule has 0 fully saturated rings. The monoisotopic (exact) mass is 584 g/mol. The zero-order valence-electron chi connectivity index (χ0n) is 24.2. The molecule has 0 saturated heterocycles. The van der Waals surface area contributed by atoms with Crippen LogP contribution >= 0.6 is 0 Å². The number of ketones is 2. The second kappa shape index (κ2) is 10.8. The highest BCUT2D eigenvalue weighted by atomic mass is 16.5. The van der Waals surface area contributed by atoms with E-state index in [1.165, 1.54) is 23.0 Å². The lowest BCUT2D eigenvalue weighted by atomic mass is 9.58. The topological polar surface area (TPSA) is 194 Å². The fourth-order valence-corrected chi connectivity index (χ4v) is 6.57. The highest BCUT2D eigenvalue weighted by molar-refractivity contribution is 6.25. The maximum Gasteiger partial charge on any atom is 0.410 e. The summed E-state index contributed by atoms with van der Waals surface area (Å²) in [5.74, 6) is -7.22. The highest BCUT2D eigenvalue weighted by Crippen LogP contribution is 2.53. The fourth-order valence-electron chi connectivity index (χ4n) is 6.57. The number of carbonyl (C=O) groups is 4. The number of carbonyl (C=O) groups excluding carboxylic acids is 4. The molecule has 2 amide bonds. The van der Waals surface area contributed by atoms with E-state index >= 15 is 0 Å². The normalized spacial score (nSPS) is 25.1. The number of methoxy groups -OCH3 is 1. The third-order valence-corrected chi connectivity index (χ3v) is 8.40. The molecule has 13 heteroatoms. The molecule has 0 heterocycles. The van der Waals surface area contributed by atoms with Gasteiger partial charge in [0.15, 0.2) is 11.4 Å². The minimum Gasteiger partial charge on any atom is -0.510 e. The van der Waals surface area contributed by atoms with Gasteiger partial charge >= 0.3 is 6.09 Å². The van der Waals surface area contributed by atoms with Crippen molar-refractivity contribution in [3.8, 4) is 5.75 Å². The number of phenols is 1. The van der Waals surface area contributed by atoms with E-state index in [0.29, 0.717) is 11.3 Å². The van der Waals surface area contributed by atoms with E-state index < -0.39 is 69.9 Å². The van der Waals surface area contributed by atoms with Crippen molar-refractivity contribution in [2.75, 3.05) is 46.7 Å². The van der Waals surface area contributed by atoms with Crippen molar-refractivity contribution in [2.24, 2.45) is 17.6 Å². The number of Topliss-reactive ketones (excluding diaryl/α,β-unsaturated/α-hetero) is 2. The van der Waals surface area contributed by atoms with Crippen LogP contribution in [0.5, 0.6) is 5.75 Å². The molecule has 0 aromatic heterocycles. The lowest BCUT2D eigenvalue weighted by Crippen LogP contribution is -2.63. The summed E-state index contributed by atoms with van der Waals surface area (Å²) in [5, 5.41) is 45.6. The number of aliphatic hydroxyl groups excluding tert-OH is 2. The molecule has 0 radical (unpaired) electrons. The predicted octanol–water partition coefficient (Wildman–Crippen LogP) is 0.941. The van der Waals surface area contributed by atoms with Crippen LogP contribution in [-0.2, 0) is 27.3 Å². The van der Waals surface area contributed by atoms with E-state index in [9.17, 15) is 39.6 Å². The largest absolute Gasteiger partial charge is 0.510 e. The number of benzene rings is 1. The second-order valence-corrected chi connectivity index (χ2v) is 11.3. The standard InChI is InChI=1S/C29H36N4O9/c1-7-8-33(28(40)42-6)12-14-11-17(31(2)3)15-9-13-10-16-21(32(4)5)24(36)20(27(30)39)26(38)29(16,41)25(37)18(13)23(35)19(15)22(14)34/h7,11,13,16,21,34,36-37,41H,1,8-10,12H2,2-6H3,(H2,30,39)/t13-,16-,21-,29-/m0/s1. The van der Waals surface area contributed by atoms with Gasteiger partial charge in [0.05, 0.1) is 25.3 Å². The Hall–Kier alpha value is -4.36. The highest BCUT2D eigenvalue weighted by Gasteiger charge is 2.63. The van der Waals surface area contributed by atoms with Crippen molar-refractivity contribution in [1.29, 1.82) is 0 Å². The molecule has 3 aliphatic rings. The summed E-state index contributed by atoms with van der Waals surface area (Å²) in [4.78, 5) is 56.6. The molecule has 3 aliphatic carbocycles. The molecular formula is C29H36N4O9. The summed E-state index contributed by atoms with van der Waals surface area (Å²) in [6, 6.07) is 0.586. The number of fused-ring (bicyclic) bond motifs is 3. The van der Waals surface area contributed by atoms with Crippen LogP contribution in [-0.4, -0.2) is 107 Å². The minimum absolute atomic E-state index is 0.0173. The molecule has 0 unspecified atom stereocenters. The number of rotatable bonds is 7. The Kier molecular flexibility index (Phi) is 7.87. The van der Waals surface area contributed by atoms with Gasteiger partial charge in [-0.05, 0) is 44.5 Å². The number of nitrogens with two attached hydrogens (primary N) is 1. The Labute approximate surface area is 242 Å². The van der Waals surface area contributed by atoms with Crippen LogP contribution in [0.25, 0.3) is 0 Å². The number of allylic oxidation sites excluding steroid dienone is 1. The van der Waals surface area contributed by atoms with Crippen LogP contribution in [0.1, 0.15) is 27.9 Å². The van der Waals surface area contributed by atoms with Crippen molar-refractivity contribution in [2.45, 2.75) is 31.0 Å². The fraction of sp³-hybridized carbons (Fsp3) is 0.448. The summed E-state index contributed by atoms with van der Waals surface area (Å²) in [7, 11) is 7.85. The van der Waals surface area contributed by atoms with Crippen LogP contribution in [0.4, 0.5) is 10.5 Å². The van der Waals surface area contributed by atoms with Crippen LogP contribution in [0.2, 0.25) is 0 Å². The van der Waals surface area contributed by atoms with Crippen molar-refractivity contribution in [3.63, 3.8) is 0 Å². The van der Waals surface area contributed by atoms with Crippen LogP contribution in [0.3, 0.4) is 0 Å². The average molecular weight is 585 g/mol. The minimum atomic E-state index is -2.73. The number of primary amides is 1. The number of aliphatic hydroxyl groups is 3. The first-order chi connectivity index (χ1) is 19.6. The number of nitrogens with zero attached hydrogens (tertiary/aromatic N) is 3. The lowest BCUT2D eigenvalue weighted by Gasteiger charge is -2.50. The molecule has 0 spiro atoms. The second-order valence-electron chi connectivity index (χ2n) is 11.3. The van der Waals surface area contributed by atoms with Crippen LogP contribution in [0, 0.1) is 11.8 Å². The number of anilines is 1. The third-order valence-electron chi connectivity index (χ3n) is 8.40. The van der Waals surface area contributed by atoms with Gasteiger partial charge in [-0.1, -0.05) is 6.08 Å². The van der Waals surface area contributed by atoms with Crippen molar-refractivity contribution < 1.29 is 44.3 Å². The first-order valence-corrected chi connectivity index (χ1v) is 13.3. The van der Waals surface area contributed by atoms with E-state index in [-0.39, 0.29) is 42.6 Å². The summed E-state index contributed by atoms with van der Waals surface area (Å²) in [6.07, 6.45) is 0.921. The summed E-state index contributed by atoms with van der Waals surface area (Å²) >= 11 is 0. The molecule has 42 heavy (non-hydrogen) atoms. The number of hydrogen-bond acceptors (Lipinski definition) is 11. The van der Waals surface area contributed by atoms with Crippen LogP contribution in [0.15, 0.2) is 41.4 Å². The van der Waals surface area contributed by atoms with Gasteiger partial charge in [-0.3, -0.25) is 19.3 Å². The van der Waals surface area contributed by atoms with Gasteiger partial charge in [0.1, 0.15) is 22.8 Å². The van der Waals surface area contributed by atoms with Crippen LogP contribution < -0.4 is 10.6 Å². The lowest BCUT2D eigenvalue weighted by molar-refractivity contribution is -0.148. The summed E-state index contributed by atoms with van der Waals surface area (Å²) < 4.78 is 4.83. The van der Waals surface area contributed by atoms with Gasteiger partial charge in [-0.25, -0.2) is 4.79 Å². The molecular weight excluding hydrogens is 548 g/mol. The van der Waals surface area contributed by atoms with Gasteiger partial charge < -0.3 is 40.7 Å². The van der Waals surface area contributed by atoms with E-state index in [0.717, 1.165) is 0 Å². The van der Waals surface area contributed by atoms with Crippen molar-refractivity contribution in [3.05, 3.63) is 58.1 Å². The Bertz CT molecular complexity index is 1460. The first kappa shape index (κ1) is 30.6. The molecule has 0 saturated carbocycles. The van der Waals surface area contributed by atoms with E-state index in [4.69, 9.17) is 10.5 Å². The number of hydrogen-bond donors (Lipinski definition) is 5. The van der Waals surface area contributed by atoms with Crippen molar-refractivity contribution >= 4 is 29.3 Å². The zero-order chi connectivity index (χ0) is 31.4. The first-order valence-electron chi connectivity index (χ1n) is 13.3. The smallest absolute Gasteiger partial charge is 0.410 e. The maximum atomic E-state index is 14.1. The zero-order valence-corrected chi connectivity index (χ0v) is 24.2.